The lowest BCUT2D eigenvalue weighted by Gasteiger charge is -2.37. The molecule has 0 radical (unpaired) electrons. The van der Waals surface area contributed by atoms with Crippen molar-refractivity contribution in [1.82, 2.24) is 5.32 Å². The first-order valence-electron chi connectivity index (χ1n) is 7.35. The number of nitrogens with one attached hydrogen (secondary N) is 1. The van der Waals surface area contributed by atoms with E-state index in [-0.39, 0.29) is 0 Å². The van der Waals surface area contributed by atoms with E-state index in [0.717, 1.165) is 12.8 Å². The van der Waals surface area contributed by atoms with Crippen LogP contribution in [-0.4, -0.2) is 35.4 Å². The molecule has 1 rings (SSSR count). The van der Waals surface area contributed by atoms with Gasteiger partial charge in [-0.05, 0) is 33.6 Å². The fourth-order valence-corrected chi connectivity index (χ4v) is 2.99. The molecule has 0 aromatic rings. The van der Waals surface area contributed by atoms with Crippen LogP contribution < -0.4 is 5.32 Å². The molecule has 4 heteroatoms. The van der Waals surface area contributed by atoms with Gasteiger partial charge in [-0.15, -0.1) is 0 Å². The first kappa shape index (κ1) is 16.4. The van der Waals surface area contributed by atoms with E-state index in [1.165, 1.54) is 25.7 Å². The average Bonchev–Trinajstić information content (AvgIpc) is 2.56. The van der Waals surface area contributed by atoms with Gasteiger partial charge in [-0.1, -0.05) is 25.7 Å². The summed E-state index contributed by atoms with van der Waals surface area (Å²) in [5.74, 6) is -0.790. The van der Waals surface area contributed by atoms with E-state index in [9.17, 15) is 9.90 Å². The van der Waals surface area contributed by atoms with Crippen LogP contribution in [-0.2, 0) is 9.53 Å². The van der Waals surface area contributed by atoms with Crippen molar-refractivity contribution in [1.29, 1.82) is 0 Å². The molecule has 1 aliphatic rings. The first-order chi connectivity index (χ1) is 8.79. The summed E-state index contributed by atoms with van der Waals surface area (Å²) in [7, 11) is 1.63. The average molecular weight is 271 g/mol. The zero-order valence-corrected chi connectivity index (χ0v) is 12.8. The summed E-state index contributed by atoms with van der Waals surface area (Å²) >= 11 is 0. The number of ether oxygens (including phenoxy) is 1. The monoisotopic (exact) mass is 271 g/mol. The summed E-state index contributed by atoms with van der Waals surface area (Å²) in [6, 6.07) is 0.316. The van der Waals surface area contributed by atoms with Gasteiger partial charge in [-0.2, -0.15) is 0 Å². The van der Waals surface area contributed by atoms with Gasteiger partial charge in [0.05, 0.1) is 5.60 Å². The van der Waals surface area contributed by atoms with Gasteiger partial charge < -0.3 is 9.84 Å². The van der Waals surface area contributed by atoms with Gasteiger partial charge in [0, 0.05) is 19.6 Å². The van der Waals surface area contributed by atoms with Crippen molar-refractivity contribution >= 4 is 5.97 Å². The van der Waals surface area contributed by atoms with Crippen LogP contribution in [0.5, 0.6) is 0 Å². The van der Waals surface area contributed by atoms with E-state index in [1.54, 1.807) is 14.0 Å². The Labute approximate surface area is 116 Å². The van der Waals surface area contributed by atoms with Crippen molar-refractivity contribution in [3.05, 3.63) is 0 Å². The first-order valence-corrected chi connectivity index (χ1v) is 7.35. The van der Waals surface area contributed by atoms with E-state index in [2.05, 4.69) is 5.32 Å². The molecule has 0 heterocycles. The van der Waals surface area contributed by atoms with Crippen LogP contribution in [0.15, 0.2) is 0 Å². The van der Waals surface area contributed by atoms with Crippen molar-refractivity contribution in [2.24, 2.45) is 0 Å². The number of rotatable bonds is 6. The third-order valence-corrected chi connectivity index (χ3v) is 4.18. The summed E-state index contributed by atoms with van der Waals surface area (Å²) in [6.07, 6.45) is 7.55. The Bertz CT molecular complexity index is 296. The van der Waals surface area contributed by atoms with Crippen molar-refractivity contribution < 1.29 is 14.6 Å². The lowest BCUT2D eigenvalue weighted by molar-refractivity contribution is -0.148. The number of carboxylic acid groups (broad SMARTS) is 1. The van der Waals surface area contributed by atoms with Gasteiger partial charge in [0.2, 0.25) is 0 Å². The van der Waals surface area contributed by atoms with Gasteiger partial charge in [0.25, 0.3) is 0 Å². The minimum Gasteiger partial charge on any atom is -0.480 e. The second kappa shape index (κ2) is 6.71. The summed E-state index contributed by atoms with van der Waals surface area (Å²) in [5, 5.41) is 13.0. The fraction of sp³-hybridized carbons (Fsp3) is 0.933. The van der Waals surface area contributed by atoms with Crippen LogP contribution in [0.1, 0.15) is 65.7 Å². The molecule has 0 saturated heterocycles. The van der Waals surface area contributed by atoms with E-state index < -0.39 is 17.1 Å². The zero-order valence-electron chi connectivity index (χ0n) is 12.8. The molecule has 1 fully saturated rings. The SMILES string of the molecule is COC(C)(C)CC(C)(NC1CCCCCC1)C(=O)O. The summed E-state index contributed by atoms with van der Waals surface area (Å²) in [6.45, 7) is 5.65. The highest BCUT2D eigenvalue weighted by molar-refractivity contribution is 5.78. The fourth-order valence-electron chi connectivity index (χ4n) is 2.99. The molecule has 112 valence electrons. The second-order valence-electron chi connectivity index (χ2n) is 6.61. The van der Waals surface area contributed by atoms with Gasteiger partial charge in [-0.3, -0.25) is 10.1 Å². The Morgan fingerprint density at radius 1 is 1.21 bits per heavy atom. The largest absolute Gasteiger partial charge is 0.480 e. The normalized spacial score (nSPS) is 21.7. The standard InChI is InChI=1S/C15H29NO3/c1-14(2,19-4)11-15(3,13(17)18)16-12-9-7-5-6-8-10-12/h12,16H,5-11H2,1-4H3,(H,17,18). The molecule has 19 heavy (non-hydrogen) atoms. The molecule has 1 atom stereocenters. The molecule has 0 aromatic carbocycles. The highest BCUT2D eigenvalue weighted by atomic mass is 16.5. The number of carboxylic acids is 1. The molecule has 2 N–H and O–H groups in total. The van der Waals surface area contributed by atoms with Gasteiger partial charge in [0.1, 0.15) is 5.54 Å². The Balaban J connectivity index is 2.72. The number of aliphatic carboxylic acids is 1. The molecule has 0 aliphatic heterocycles. The summed E-state index contributed by atoms with van der Waals surface area (Å²) < 4.78 is 5.39. The maximum Gasteiger partial charge on any atom is 0.323 e. The predicted octanol–water partition coefficient (Wildman–Crippen LogP) is 2.96. The van der Waals surface area contributed by atoms with Crippen molar-refractivity contribution in [3.8, 4) is 0 Å². The Hall–Kier alpha value is -0.610. The molecule has 0 bridgehead atoms. The third-order valence-electron chi connectivity index (χ3n) is 4.18. The van der Waals surface area contributed by atoms with Crippen LogP contribution in [0.3, 0.4) is 0 Å². The lowest BCUT2D eigenvalue weighted by Crippen LogP contribution is -2.57. The smallest absolute Gasteiger partial charge is 0.323 e. The molecule has 0 spiro atoms. The van der Waals surface area contributed by atoms with Crippen molar-refractivity contribution in [2.75, 3.05) is 7.11 Å². The Morgan fingerprint density at radius 2 is 1.74 bits per heavy atom. The molecular weight excluding hydrogens is 242 g/mol. The highest BCUT2D eigenvalue weighted by Crippen LogP contribution is 2.26. The Morgan fingerprint density at radius 3 is 2.16 bits per heavy atom. The molecule has 0 amide bonds. The van der Waals surface area contributed by atoms with Gasteiger partial charge in [-0.25, -0.2) is 0 Å². The molecule has 0 aromatic heterocycles. The van der Waals surface area contributed by atoms with Crippen LogP contribution in [0.4, 0.5) is 0 Å². The van der Waals surface area contributed by atoms with E-state index in [1.807, 2.05) is 13.8 Å². The second-order valence-corrected chi connectivity index (χ2v) is 6.61. The maximum absolute atomic E-state index is 11.7. The summed E-state index contributed by atoms with van der Waals surface area (Å²) in [5.41, 5.74) is -1.36. The van der Waals surface area contributed by atoms with Crippen LogP contribution in [0.25, 0.3) is 0 Å². The summed E-state index contributed by atoms with van der Waals surface area (Å²) in [4.78, 5) is 11.7. The molecule has 1 saturated carbocycles. The minimum absolute atomic E-state index is 0.316. The topological polar surface area (TPSA) is 58.6 Å². The minimum atomic E-state index is -0.922. The van der Waals surface area contributed by atoms with Gasteiger partial charge in [0.15, 0.2) is 0 Å². The Kier molecular flexibility index (Phi) is 5.81. The number of carbonyl (C=O) groups is 1. The molecule has 1 unspecified atom stereocenters. The number of methoxy groups -OCH3 is 1. The van der Waals surface area contributed by atoms with Crippen LogP contribution in [0, 0.1) is 0 Å². The van der Waals surface area contributed by atoms with Crippen molar-refractivity contribution in [3.63, 3.8) is 0 Å². The molecule has 1 aliphatic carbocycles. The predicted molar refractivity (Wildman–Crippen MR) is 76.4 cm³/mol. The maximum atomic E-state index is 11.7. The van der Waals surface area contributed by atoms with Crippen LogP contribution in [0.2, 0.25) is 0 Å². The lowest BCUT2D eigenvalue weighted by atomic mass is 9.86. The van der Waals surface area contributed by atoms with E-state index in [4.69, 9.17) is 4.74 Å². The molecule has 4 nitrogen and oxygen atoms in total. The third kappa shape index (κ3) is 5.11. The quantitative estimate of drug-likeness (QED) is 0.729. The van der Waals surface area contributed by atoms with Crippen molar-refractivity contribution in [2.45, 2.75) is 82.9 Å². The number of hydrogen-bond acceptors (Lipinski definition) is 3. The number of hydrogen-bond donors (Lipinski definition) is 2. The zero-order chi connectivity index (χ0) is 14.5. The molecular formula is C15H29NO3. The highest BCUT2D eigenvalue weighted by Gasteiger charge is 2.40. The van der Waals surface area contributed by atoms with E-state index in [0.29, 0.717) is 12.5 Å². The van der Waals surface area contributed by atoms with Gasteiger partial charge >= 0.3 is 5.97 Å². The van der Waals surface area contributed by atoms with E-state index >= 15 is 0 Å². The van der Waals surface area contributed by atoms with Crippen LogP contribution >= 0.6 is 0 Å².